The lowest BCUT2D eigenvalue weighted by Crippen LogP contribution is -2.14. The lowest BCUT2D eigenvalue weighted by atomic mass is 10.1. The smallest absolute Gasteiger partial charge is 0.340 e. The molecule has 8 heteroatoms. The molecule has 7 nitrogen and oxygen atoms in total. The second-order valence-corrected chi connectivity index (χ2v) is 6.70. The van der Waals surface area contributed by atoms with Crippen LogP contribution in [-0.2, 0) is 4.74 Å². The Morgan fingerprint density at radius 2 is 2.00 bits per heavy atom. The molecule has 0 unspecified atom stereocenters. The molecule has 0 saturated carbocycles. The van der Waals surface area contributed by atoms with Gasteiger partial charge >= 0.3 is 5.97 Å². The third kappa shape index (κ3) is 3.60. The van der Waals surface area contributed by atoms with Gasteiger partial charge in [0.2, 0.25) is 0 Å². The van der Waals surface area contributed by atoms with Crippen LogP contribution in [0.4, 0.5) is 5.00 Å². The average Bonchev–Trinajstić information content (AvgIpc) is 3.28. The third-order valence-corrected chi connectivity index (χ3v) is 4.64. The number of aromatic nitrogens is 2. The quantitative estimate of drug-likeness (QED) is 0.670. The molecule has 0 saturated heterocycles. The minimum atomic E-state index is -0.494. The number of carbonyl (C=O) groups excluding carboxylic acids is 2. The second kappa shape index (κ2) is 7.40. The molecule has 0 bridgehead atoms. The number of carbonyl (C=O) groups is 2. The number of aryl methyl sites for hydroxylation is 1. The fourth-order valence-electron chi connectivity index (χ4n) is 2.41. The topological polar surface area (TPSA) is 93.3 Å². The largest absolute Gasteiger partial charge is 0.497 e. The van der Waals surface area contributed by atoms with Crippen molar-refractivity contribution in [1.29, 1.82) is 0 Å². The number of anilines is 1. The van der Waals surface area contributed by atoms with Crippen molar-refractivity contribution < 1.29 is 19.1 Å². The third-order valence-electron chi connectivity index (χ3n) is 3.68. The zero-order valence-electron chi connectivity index (χ0n) is 14.5. The van der Waals surface area contributed by atoms with Crippen molar-refractivity contribution in [3.05, 3.63) is 52.5 Å². The number of nitrogens with zero attached hydrogens (tertiary/aromatic N) is 1. The first kappa shape index (κ1) is 17.7. The van der Waals surface area contributed by atoms with Gasteiger partial charge < -0.3 is 14.8 Å². The lowest BCUT2D eigenvalue weighted by molar-refractivity contribution is 0.0602. The molecule has 0 fully saturated rings. The lowest BCUT2D eigenvalue weighted by Gasteiger charge is -2.03. The Balaban J connectivity index is 1.82. The number of nitrogens with one attached hydrogen (secondary N) is 2. The molecule has 0 aliphatic heterocycles. The molecule has 2 N–H and O–H groups in total. The first-order chi connectivity index (χ1) is 12.5. The van der Waals surface area contributed by atoms with E-state index in [1.807, 2.05) is 31.2 Å². The van der Waals surface area contributed by atoms with Crippen LogP contribution in [0.25, 0.3) is 11.3 Å². The van der Waals surface area contributed by atoms with E-state index in [-0.39, 0.29) is 5.69 Å². The molecule has 0 aliphatic carbocycles. The summed E-state index contributed by atoms with van der Waals surface area (Å²) in [6.45, 7) is 1.85. The molecule has 2 aromatic heterocycles. The van der Waals surface area contributed by atoms with Crippen LogP contribution >= 0.6 is 11.3 Å². The highest BCUT2D eigenvalue weighted by Crippen LogP contribution is 2.29. The first-order valence-corrected chi connectivity index (χ1v) is 8.53. The van der Waals surface area contributed by atoms with E-state index in [1.165, 1.54) is 18.4 Å². The number of rotatable bonds is 5. The van der Waals surface area contributed by atoms with Crippen molar-refractivity contribution >= 4 is 28.2 Å². The van der Waals surface area contributed by atoms with Gasteiger partial charge in [0.05, 0.1) is 25.5 Å². The maximum Gasteiger partial charge on any atom is 0.340 e. The highest BCUT2D eigenvalue weighted by atomic mass is 32.1. The maximum atomic E-state index is 12.5. The summed E-state index contributed by atoms with van der Waals surface area (Å²) in [7, 11) is 2.89. The van der Waals surface area contributed by atoms with Crippen LogP contribution < -0.4 is 10.1 Å². The van der Waals surface area contributed by atoms with E-state index < -0.39 is 11.9 Å². The van der Waals surface area contributed by atoms with Crippen LogP contribution in [0.2, 0.25) is 0 Å². The van der Waals surface area contributed by atoms with Crippen LogP contribution in [-0.4, -0.2) is 36.3 Å². The molecule has 0 atom stereocenters. The summed E-state index contributed by atoms with van der Waals surface area (Å²) >= 11 is 1.31. The van der Waals surface area contributed by atoms with Gasteiger partial charge in [0.15, 0.2) is 0 Å². The van der Waals surface area contributed by atoms with Crippen LogP contribution in [0.5, 0.6) is 5.75 Å². The highest BCUT2D eigenvalue weighted by Gasteiger charge is 2.19. The summed E-state index contributed by atoms with van der Waals surface area (Å²) in [4.78, 5) is 25.2. The number of esters is 1. The van der Waals surface area contributed by atoms with Crippen molar-refractivity contribution in [1.82, 2.24) is 10.2 Å². The fraction of sp³-hybridized carbons (Fsp3) is 0.167. The molecule has 134 valence electrons. The summed E-state index contributed by atoms with van der Waals surface area (Å²) < 4.78 is 9.94. The summed E-state index contributed by atoms with van der Waals surface area (Å²) in [5.74, 6) is -0.182. The van der Waals surface area contributed by atoms with E-state index in [9.17, 15) is 9.59 Å². The Kier molecular flexibility index (Phi) is 5.04. The number of ether oxygens (including phenoxy) is 2. The van der Waals surface area contributed by atoms with Gasteiger partial charge in [0.1, 0.15) is 16.4 Å². The number of H-pyrrole nitrogens is 1. The molecule has 1 aromatic carbocycles. The van der Waals surface area contributed by atoms with Crippen LogP contribution in [0.3, 0.4) is 0 Å². The molecule has 0 aliphatic rings. The predicted octanol–water partition coefficient (Wildman–Crippen LogP) is 3.49. The molecular weight excluding hydrogens is 354 g/mol. The minimum Gasteiger partial charge on any atom is -0.497 e. The van der Waals surface area contributed by atoms with Crippen LogP contribution in [0.15, 0.2) is 36.4 Å². The molecule has 3 aromatic rings. The van der Waals surface area contributed by atoms with Gasteiger partial charge in [0.25, 0.3) is 5.91 Å². The fourth-order valence-corrected chi connectivity index (χ4v) is 3.30. The summed E-state index contributed by atoms with van der Waals surface area (Å²) in [6.07, 6.45) is 0. The van der Waals surface area contributed by atoms with E-state index in [4.69, 9.17) is 9.47 Å². The van der Waals surface area contributed by atoms with Gasteiger partial charge in [0, 0.05) is 10.4 Å². The average molecular weight is 371 g/mol. The van der Waals surface area contributed by atoms with Crippen LogP contribution in [0.1, 0.15) is 25.7 Å². The zero-order chi connectivity index (χ0) is 18.7. The standard InChI is InChI=1S/C18H17N3O4S/c1-10-7-13(18(23)25-3)17(26-10)19-16(22)15-9-14(20-21-15)11-5-4-6-12(8-11)24-2/h4-9H,1-3H3,(H,19,22)(H,20,21). The van der Waals surface area contributed by atoms with Gasteiger partial charge in [-0.15, -0.1) is 11.3 Å². The Morgan fingerprint density at radius 1 is 1.19 bits per heavy atom. The van der Waals surface area contributed by atoms with E-state index >= 15 is 0 Å². The SMILES string of the molecule is COC(=O)c1cc(C)sc1NC(=O)c1cc(-c2cccc(OC)c2)n[nH]1. The van der Waals surface area contributed by atoms with Crippen molar-refractivity contribution in [3.8, 4) is 17.0 Å². The minimum absolute atomic E-state index is 0.282. The number of thiophene rings is 1. The van der Waals surface area contributed by atoms with Crippen molar-refractivity contribution in [2.75, 3.05) is 19.5 Å². The summed E-state index contributed by atoms with van der Waals surface area (Å²) in [6, 6.07) is 10.7. The number of amides is 1. The van der Waals surface area contributed by atoms with Gasteiger partial charge in [-0.25, -0.2) is 4.79 Å². The van der Waals surface area contributed by atoms with Crippen molar-refractivity contribution in [2.24, 2.45) is 0 Å². The van der Waals surface area contributed by atoms with Gasteiger partial charge in [-0.05, 0) is 31.2 Å². The number of methoxy groups -OCH3 is 2. The van der Waals surface area contributed by atoms with E-state index in [0.29, 0.717) is 22.0 Å². The van der Waals surface area contributed by atoms with Crippen molar-refractivity contribution in [3.63, 3.8) is 0 Å². The number of aromatic amines is 1. The monoisotopic (exact) mass is 371 g/mol. The van der Waals surface area contributed by atoms with E-state index in [2.05, 4.69) is 15.5 Å². The molecule has 3 rings (SSSR count). The number of benzene rings is 1. The summed E-state index contributed by atoms with van der Waals surface area (Å²) in [5.41, 5.74) is 2.05. The Hall–Kier alpha value is -3.13. The molecular formula is C18H17N3O4S. The van der Waals surface area contributed by atoms with E-state index in [0.717, 1.165) is 10.4 Å². The van der Waals surface area contributed by atoms with Gasteiger partial charge in [-0.1, -0.05) is 12.1 Å². The van der Waals surface area contributed by atoms with Crippen molar-refractivity contribution in [2.45, 2.75) is 6.92 Å². The molecule has 0 radical (unpaired) electrons. The van der Waals surface area contributed by atoms with Gasteiger partial charge in [-0.3, -0.25) is 9.89 Å². The maximum absolute atomic E-state index is 12.5. The van der Waals surface area contributed by atoms with Gasteiger partial charge in [-0.2, -0.15) is 5.10 Å². The zero-order valence-corrected chi connectivity index (χ0v) is 15.3. The number of hydrogen-bond donors (Lipinski definition) is 2. The molecule has 0 spiro atoms. The first-order valence-electron chi connectivity index (χ1n) is 7.71. The number of hydrogen-bond acceptors (Lipinski definition) is 6. The summed E-state index contributed by atoms with van der Waals surface area (Å²) in [5, 5.41) is 10.1. The molecule has 1 amide bonds. The van der Waals surface area contributed by atoms with E-state index in [1.54, 1.807) is 19.2 Å². The molecule has 2 heterocycles. The highest BCUT2D eigenvalue weighted by molar-refractivity contribution is 7.16. The Morgan fingerprint density at radius 3 is 2.73 bits per heavy atom. The second-order valence-electron chi connectivity index (χ2n) is 5.44. The Labute approximate surface area is 154 Å². The van der Waals surface area contributed by atoms with Crippen LogP contribution in [0, 0.1) is 6.92 Å². The Bertz CT molecular complexity index is 961. The normalized spacial score (nSPS) is 10.4. The predicted molar refractivity (Wildman–Crippen MR) is 98.9 cm³/mol. The molecule has 26 heavy (non-hydrogen) atoms.